The summed E-state index contributed by atoms with van der Waals surface area (Å²) in [5.74, 6) is -0.468. The number of benzene rings is 2. The first-order valence-electron chi connectivity index (χ1n) is 10.1. The van der Waals surface area contributed by atoms with Crippen molar-refractivity contribution >= 4 is 40.9 Å². The smallest absolute Gasteiger partial charge is 0.238 e. The molecule has 6 heteroatoms. The van der Waals surface area contributed by atoms with E-state index in [2.05, 4.69) is 5.32 Å². The van der Waals surface area contributed by atoms with E-state index in [1.807, 2.05) is 56.3 Å². The molecule has 1 aliphatic heterocycles. The monoisotopic (exact) mass is 420 g/mol. The molecule has 2 aliphatic rings. The molecule has 0 spiro atoms. The number of rotatable bonds is 5. The summed E-state index contributed by atoms with van der Waals surface area (Å²) in [6, 6.07) is 13.2. The lowest BCUT2D eigenvalue weighted by atomic mass is 9.85. The Labute approximate surface area is 180 Å². The fraction of sp³-hybridized carbons (Fsp3) is 0.292. The Morgan fingerprint density at radius 1 is 1.00 bits per heavy atom. The van der Waals surface area contributed by atoms with Crippen molar-refractivity contribution in [1.29, 1.82) is 0 Å². The number of hydrogen-bond acceptors (Lipinski definition) is 4. The second kappa shape index (κ2) is 8.48. The van der Waals surface area contributed by atoms with Crippen LogP contribution >= 0.6 is 11.8 Å². The maximum atomic E-state index is 12.7. The number of nitrogens with one attached hydrogen (secondary N) is 1. The minimum atomic E-state index is -0.231. The van der Waals surface area contributed by atoms with E-state index in [-0.39, 0.29) is 35.3 Å². The standard InChI is InChI=1S/C24H24N2O3S/c1-15-7-8-16(2)21(13-15)25-22(27)14-30-18-11-9-17(10-12-18)26-23(28)19-5-3-4-6-20(19)24(26)29/h3-4,7-13,19-20H,5-6,14H2,1-2H3,(H,25,27)/t19-,20+. The molecule has 0 saturated carbocycles. The minimum absolute atomic E-state index is 0.0701. The topological polar surface area (TPSA) is 66.5 Å². The van der Waals surface area contributed by atoms with Crippen LogP contribution in [0.4, 0.5) is 11.4 Å². The van der Waals surface area contributed by atoms with Crippen molar-refractivity contribution in [2.24, 2.45) is 11.8 Å². The van der Waals surface area contributed by atoms with Gasteiger partial charge in [0.2, 0.25) is 17.7 Å². The maximum absolute atomic E-state index is 12.7. The number of imide groups is 1. The lowest BCUT2D eigenvalue weighted by Gasteiger charge is -2.15. The molecule has 2 atom stereocenters. The lowest BCUT2D eigenvalue weighted by molar-refractivity contribution is -0.122. The number of fused-ring (bicyclic) bond motifs is 1. The van der Waals surface area contributed by atoms with Gasteiger partial charge in [0.15, 0.2) is 0 Å². The van der Waals surface area contributed by atoms with Crippen LogP contribution in [0.25, 0.3) is 0 Å². The molecule has 0 unspecified atom stereocenters. The Morgan fingerprint density at radius 3 is 2.27 bits per heavy atom. The predicted molar refractivity (Wildman–Crippen MR) is 120 cm³/mol. The minimum Gasteiger partial charge on any atom is -0.325 e. The van der Waals surface area contributed by atoms with E-state index >= 15 is 0 Å². The van der Waals surface area contributed by atoms with Crippen molar-refractivity contribution < 1.29 is 14.4 Å². The average Bonchev–Trinajstić information content (AvgIpc) is 3.00. The normalized spacial score (nSPS) is 20.4. The summed E-state index contributed by atoms with van der Waals surface area (Å²) < 4.78 is 0. The highest BCUT2D eigenvalue weighted by Gasteiger charge is 2.47. The van der Waals surface area contributed by atoms with Crippen LogP contribution in [0.3, 0.4) is 0 Å². The van der Waals surface area contributed by atoms with Crippen LogP contribution in [-0.2, 0) is 14.4 Å². The third kappa shape index (κ3) is 4.05. The Kier molecular flexibility index (Phi) is 5.77. The molecule has 1 fully saturated rings. The van der Waals surface area contributed by atoms with Crippen molar-refractivity contribution in [3.8, 4) is 0 Å². The van der Waals surface area contributed by atoms with E-state index in [1.165, 1.54) is 16.7 Å². The molecule has 2 aromatic rings. The van der Waals surface area contributed by atoms with Gasteiger partial charge in [0.1, 0.15) is 0 Å². The first-order valence-corrected chi connectivity index (χ1v) is 11.1. The summed E-state index contributed by atoms with van der Waals surface area (Å²) in [6.45, 7) is 3.96. The third-order valence-electron chi connectivity index (χ3n) is 5.64. The summed E-state index contributed by atoms with van der Waals surface area (Å²) in [6.07, 6.45) is 5.24. The molecule has 154 valence electrons. The van der Waals surface area contributed by atoms with Crippen LogP contribution in [0.5, 0.6) is 0 Å². The van der Waals surface area contributed by atoms with Gasteiger partial charge < -0.3 is 5.32 Å². The SMILES string of the molecule is Cc1ccc(C)c(NC(=O)CSc2ccc(N3C(=O)[C@H]4CC=CC[C@H]4C3=O)cc2)c1. The highest BCUT2D eigenvalue weighted by molar-refractivity contribution is 8.00. The van der Waals surface area contributed by atoms with Gasteiger partial charge in [-0.2, -0.15) is 0 Å². The second-order valence-electron chi connectivity index (χ2n) is 7.82. The van der Waals surface area contributed by atoms with Crippen molar-refractivity contribution in [2.45, 2.75) is 31.6 Å². The van der Waals surface area contributed by atoms with Gasteiger partial charge in [-0.1, -0.05) is 24.3 Å². The van der Waals surface area contributed by atoms with E-state index in [0.717, 1.165) is 21.7 Å². The number of anilines is 2. The number of carbonyl (C=O) groups excluding carboxylic acids is 3. The van der Waals surface area contributed by atoms with Gasteiger partial charge >= 0.3 is 0 Å². The Bertz CT molecular complexity index is 1000. The Hall–Kier alpha value is -2.86. The molecule has 0 aromatic heterocycles. The van der Waals surface area contributed by atoms with Gasteiger partial charge in [0.05, 0.1) is 23.3 Å². The average molecular weight is 421 g/mol. The van der Waals surface area contributed by atoms with Gasteiger partial charge in [0, 0.05) is 10.6 Å². The molecule has 4 rings (SSSR count). The Balaban J connectivity index is 1.37. The predicted octanol–water partition coefficient (Wildman–Crippen LogP) is 4.49. The van der Waals surface area contributed by atoms with Crippen molar-refractivity contribution in [3.05, 3.63) is 65.7 Å². The molecule has 1 aliphatic carbocycles. The number of aryl methyl sites for hydroxylation is 2. The van der Waals surface area contributed by atoms with Gasteiger partial charge in [-0.25, -0.2) is 0 Å². The van der Waals surface area contributed by atoms with Crippen molar-refractivity contribution in [1.82, 2.24) is 0 Å². The quantitative estimate of drug-likeness (QED) is 0.440. The van der Waals surface area contributed by atoms with E-state index in [4.69, 9.17) is 0 Å². The molecule has 2 aromatic carbocycles. The summed E-state index contributed by atoms with van der Waals surface area (Å²) >= 11 is 1.42. The second-order valence-corrected chi connectivity index (χ2v) is 8.87. The zero-order valence-corrected chi connectivity index (χ0v) is 17.9. The van der Waals surface area contributed by atoms with Gasteiger partial charge in [0.25, 0.3) is 0 Å². The number of allylic oxidation sites excluding steroid dienone is 2. The maximum Gasteiger partial charge on any atom is 0.238 e. The first-order chi connectivity index (χ1) is 14.4. The number of nitrogens with zero attached hydrogens (tertiary/aromatic N) is 1. The largest absolute Gasteiger partial charge is 0.325 e. The molecule has 0 radical (unpaired) electrons. The summed E-state index contributed by atoms with van der Waals surface area (Å²) in [7, 11) is 0. The van der Waals surface area contributed by atoms with Crippen LogP contribution in [0.2, 0.25) is 0 Å². The molecule has 3 amide bonds. The molecule has 5 nitrogen and oxygen atoms in total. The van der Waals surface area contributed by atoms with Crippen LogP contribution in [0, 0.1) is 25.7 Å². The summed E-state index contributed by atoms with van der Waals surface area (Å²) in [5, 5.41) is 2.95. The molecule has 30 heavy (non-hydrogen) atoms. The van der Waals surface area contributed by atoms with Crippen molar-refractivity contribution in [3.63, 3.8) is 0 Å². The van der Waals surface area contributed by atoms with E-state index in [0.29, 0.717) is 18.5 Å². The summed E-state index contributed by atoms with van der Waals surface area (Å²) in [4.78, 5) is 39.9. The van der Waals surface area contributed by atoms with Gasteiger partial charge in [-0.05, 0) is 68.1 Å². The summed E-state index contributed by atoms with van der Waals surface area (Å²) in [5.41, 5.74) is 3.56. The number of thioether (sulfide) groups is 1. The molecule has 0 bridgehead atoms. The van der Waals surface area contributed by atoms with Crippen LogP contribution in [0.1, 0.15) is 24.0 Å². The fourth-order valence-electron chi connectivity index (χ4n) is 3.95. The van der Waals surface area contributed by atoms with E-state index in [9.17, 15) is 14.4 Å². The zero-order chi connectivity index (χ0) is 21.3. The highest BCUT2D eigenvalue weighted by atomic mass is 32.2. The third-order valence-corrected chi connectivity index (χ3v) is 6.65. The number of carbonyl (C=O) groups is 3. The van der Waals surface area contributed by atoms with Crippen LogP contribution < -0.4 is 10.2 Å². The first kappa shape index (κ1) is 20.4. The van der Waals surface area contributed by atoms with Crippen LogP contribution in [0.15, 0.2) is 59.5 Å². The zero-order valence-electron chi connectivity index (χ0n) is 17.1. The Morgan fingerprint density at radius 2 is 1.63 bits per heavy atom. The number of hydrogen-bond donors (Lipinski definition) is 1. The van der Waals surface area contributed by atoms with Crippen molar-refractivity contribution in [2.75, 3.05) is 16.0 Å². The lowest BCUT2D eigenvalue weighted by Crippen LogP contribution is -2.30. The number of amides is 3. The highest BCUT2D eigenvalue weighted by Crippen LogP contribution is 2.38. The molecule has 1 heterocycles. The fourth-order valence-corrected chi connectivity index (χ4v) is 4.65. The molecular formula is C24H24N2O3S. The molecule has 1 N–H and O–H groups in total. The van der Waals surface area contributed by atoms with Crippen LogP contribution in [-0.4, -0.2) is 23.5 Å². The van der Waals surface area contributed by atoms with Gasteiger partial charge in [-0.15, -0.1) is 11.8 Å². The molecular weight excluding hydrogens is 396 g/mol. The molecule has 1 saturated heterocycles. The van der Waals surface area contributed by atoms with E-state index in [1.54, 1.807) is 12.1 Å². The van der Waals surface area contributed by atoms with Gasteiger partial charge in [-0.3, -0.25) is 19.3 Å². The van der Waals surface area contributed by atoms with E-state index < -0.39 is 0 Å².